The van der Waals surface area contributed by atoms with Crippen molar-refractivity contribution in [2.45, 2.75) is 20.3 Å². The molecular formula is C16H14F2O. The molecule has 0 unspecified atom stereocenters. The molecule has 3 heteroatoms. The number of hydrogen-bond acceptors (Lipinski definition) is 1. The zero-order valence-electron chi connectivity index (χ0n) is 10.8. The summed E-state index contributed by atoms with van der Waals surface area (Å²) in [6.45, 7) is 3.27. The van der Waals surface area contributed by atoms with Crippen molar-refractivity contribution in [3.8, 4) is 0 Å². The summed E-state index contributed by atoms with van der Waals surface area (Å²) in [5, 5.41) is 0. The molecule has 98 valence electrons. The maximum Gasteiger partial charge on any atom is 0.167 e. The summed E-state index contributed by atoms with van der Waals surface area (Å²) in [5.41, 5.74) is 2.15. The van der Waals surface area contributed by atoms with Gasteiger partial charge in [0.1, 0.15) is 11.6 Å². The zero-order chi connectivity index (χ0) is 14.0. The molecule has 1 nitrogen and oxygen atoms in total. The molecule has 2 rings (SSSR count). The van der Waals surface area contributed by atoms with Crippen LogP contribution in [0.2, 0.25) is 0 Å². The summed E-state index contributed by atoms with van der Waals surface area (Å²) in [4.78, 5) is 12.1. The molecule has 0 amide bonds. The SMILES string of the molecule is Cc1cc(C(=O)Cc2ccc(F)cc2)cc(C)c1F. The molecule has 0 aliphatic carbocycles. The molecule has 0 atom stereocenters. The molecule has 0 aliphatic rings. The third-order valence-corrected chi connectivity index (χ3v) is 3.04. The van der Waals surface area contributed by atoms with Crippen LogP contribution in [0.25, 0.3) is 0 Å². The molecule has 0 spiro atoms. The van der Waals surface area contributed by atoms with Crippen LogP contribution in [0.15, 0.2) is 36.4 Å². The number of carbonyl (C=O) groups is 1. The Morgan fingerprint density at radius 1 is 1.00 bits per heavy atom. The first-order valence-electron chi connectivity index (χ1n) is 6.02. The fourth-order valence-electron chi connectivity index (χ4n) is 2.00. The van der Waals surface area contributed by atoms with E-state index in [2.05, 4.69) is 0 Å². The van der Waals surface area contributed by atoms with Crippen LogP contribution in [0, 0.1) is 25.5 Å². The Labute approximate surface area is 110 Å². The number of carbonyl (C=O) groups excluding carboxylic acids is 1. The molecule has 0 heterocycles. The highest BCUT2D eigenvalue weighted by Crippen LogP contribution is 2.16. The van der Waals surface area contributed by atoms with E-state index in [4.69, 9.17) is 0 Å². The minimum Gasteiger partial charge on any atom is -0.294 e. The van der Waals surface area contributed by atoms with E-state index in [1.54, 1.807) is 38.1 Å². The summed E-state index contributed by atoms with van der Waals surface area (Å²) in [6, 6.07) is 8.91. The predicted octanol–water partition coefficient (Wildman–Crippen LogP) is 4.01. The van der Waals surface area contributed by atoms with Gasteiger partial charge in [-0.2, -0.15) is 0 Å². The van der Waals surface area contributed by atoms with Gasteiger partial charge in [0.15, 0.2) is 5.78 Å². The molecule has 0 N–H and O–H groups in total. The van der Waals surface area contributed by atoms with Crippen molar-refractivity contribution < 1.29 is 13.6 Å². The van der Waals surface area contributed by atoms with Crippen molar-refractivity contribution in [3.05, 3.63) is 70.3 Å². The van der Waals surface area contributed by atoms with Gasteiger partial charge in [-0.25, -0.2) is 8.78 Å². The van der Waals surface area contributed by atoms with Gasteiger partial charge >= 0.3 is 0 Å². The molecule has 0 fully saturated rings. The van der Waals surface area contributed by atoms with E-state index in [1.165, 1.54) is 12.1 Å². The number of hydrogen-bond donors (Lipinski definition) is 0. The summed E-state index contributed by atoms with van der Waals surface area (Å²) >= 11 is 0. The van der Waals surface area contributed by atoms with E-state index in [0.29, 0.717) is 16.7 Å². The van der Waals surface area contributed by atoms with E-state index in [1.807, 2.05) is 0 Å². The highest BCUT2D eigenvalue weighted by atomic mass is 19.1. The number of rotatable bonds is 3. The second-order valence-corrected chi connectivity index (χ2v) is 4.65. The molecule has 2 aromatic carbocycles. The van der Waals surface area contributed by atoms with E-state index < -0.39 is 0 Å². The Kier molecular flexibility index (Phi) is 3.74. The maximum absolute atomic E-state index is 13.5. The van der Waals surface area contributed by atoms with Gasteiger partial charge in [0.25, 0.3) is 0 Å². The molecule has 0 saturated heterocycles. The predicted molar refractivity (Wildman–Crippen MR) is 70.3 cm³/mol. The standard InChI is InChI=1S/C16H14F2O/c1-10-7-13(8-11(2)16(10)18)15(19)9-12-3-5-14(17)6-4-12/h3-8H,9H2,1-2H3. The molecular weight excluding hydrogens is 246 g/mol. The largest absolute Gasteiger partial charge is 0.294 e. The number of benzene rings is 2. The van der Waals surface area contributed by atoms with Crippen molar-refractivity contribution >= 4 is 5.78 Å². The first-order valence-corrected chi connectivity index (χ1v) is 6.02. The van der Waals surface area contributed by atoms with Gasteiger partial charge in [0, 0.05) is 12.0 Å². The van der Waals surface area contributed by atoms with E-state index in [9.17, 15) is 13.6 Å². The van der Waals surface area contributed by atoms with Gasteiger partial charge in [0.2, 0.25) is 0 Å². The second kappa shape index (κ2) is 5.31. The highest BCUT2D eigenvalue weighted by Gasteiger charge is 2.11. The molecule has 2 aromatic rings. The molecule has 0 aromatic heterocycles. The van der Waals surface area contributed by atoms with E-state index in [0.717, 1.165) is 5.56 Å². The summed E-state index contributed by atoms with van der Waals surface area (Å²) in [7, 11) is 0. The Morgan fingerprint density at radius 2 is 1.53 bits per heavy atom. The zero-order valence-corrected chi connectivity index (χ0v) is 10.8. The van der Waals surface area contributed by atoms with E-state index >= 15 is 0 Å². The highest BCUT2D eigenvalue weighted by molar-refractivity contribution is 5.97. The third kappa shape index (κ3) is 3.05. The van der Waals surface area contributed by atoms with Crippen molar-refractivity contribution in [1.29, 1.82) is 0 Å². The van der Waals surface area contributed by atoms with E-state index in [-0.39, 0.29) is 23.8 Å². The fraction of sp³-hybridized carbons (Fsp3) is 0.188. The van der Waals surface area contributed by atoms with Gasteiger partial charge in [0.05, 0.1) is 0 Å². The van der Waals surface area contributed by atoms with Gasteiger partial charge in [-0.3, -0.25) is 4.79 Å². The van der Waals surface area contributed by atoms with Gasteiger partial charge in [-0.05, 0) is 54.8 Å². The lowest BCUT2D eigenvalue weighted by Gasteiger charge is -2.06. The summed E-state index contributed by atoms with van der Waals surface area (Å²) in [5.74, 6) is -0.708. The molecule has 0 aliphatic heterocycles. The second-order valence-electron chi connectivity index (χ2n) is 4.65. The minimum absolute atomic E-state index is 0.0993. The number of ketones is 1. The number of halogens is 2. The molecule has 0 radical (unpaired) electrons. The van der Waals surface area contributed by atoms with Crippen molar-refractivity contribution in [1.82, 2.24) is 0 Å². The van der Waals surface area contributed by atoms with Gasteiger partial charge in [-0.15, -0.1) is 0 Å². The smallest absolute Gasteiger partial charge is 0.167 e. The maximum atomic E-state index is 13.5. The van der Waals surface area contributed by atoms with Crippen LogP contribution >= 0.6 is 0 Å². The third-order valence-electron chi connectivity index (χ3n) is 3.04. The average Bonchev–Trinajstić information content (AvgIpc) is 2.38. The van der Waals surface area contributed by atoms with Crippen LogP contribution in [-0.2, 0) is 6.42 Å². The summed E-state index contributed by atoms with van der Waals surface area (Å²) < 4.78 is 26.3. The molecule has 0 bridgehead atoms. The minimum atomic E-state index is -0.329. The van der Waals surface area contributed by atoms with Crippen LogP contribution in [0.5, 0.6) is 0 Å². The first kappa shape index (κ1) is 13.4. The quantitative estimate of drug-likeness (QED) is 0.762. The topological polar surface area (TPSA) is 17.1 Å². The Hall–Kier alpha value is -2.03. The number of aryl methyl sites for hydroxylation is 2. The van der Waals surface area contributed by atoms with Crippen LogP contribution in [0.3, 0.4) is 0 Å². The Balaban J connectivity index is 2.23. The summed E-state index contributed by atoms with van der Waals surface area (Å²) in [6.07, 6.45) is 0.185. The monoisotopic (exact) mass is 260 g/mol. The average molecular weight is 260 g/mol. The van der Waals surface area contributed by atoms with Crippen molar-refractivity contribution in [2.24, 2.45) is 0 Å². The lowest BCUT2D eigenvalue weighted by molar-refractivity contribution is 0.0992. The normalized spacial score (nSPS) is 10.5. The number of Topliss-reactive ketones (excluding diaryl/α,β-unsaturated/α-hetero) is 1. The Morgan fingerprint density at radius 3 is 2.05 bits per heavy atom. The first-order chi connectivity index (χ1) is 8.97. The molecule has 0 saturated carbocycles. The lowest BCUT2D eigenvalue weighted by Crippen LogP contribution is -2.05. The van der Waals surface area contributed by atoms with Crippen molar-refractivity contribution in [3.63, 3.8) is 0 Å². The van der Waals surface area contributed by atoms with Gasteiger partial charge in [-0.1, -0.05) is 12.1 Å². The van der Waals surface area contributed by atoms with Crippen LogP contribution in [0.4, 0.5) is 8.78 Å². The van der Waals surface area contributed by atoms with Crippen LogP contribution in [0.1, 0.15) is 27.0 Å². The Bertz CT molecular complexity index is 592. The van der Waals surface area contributed by atoms with Gasteiger partial charge < -0.3 is 0 Å². The molecule has 19 heavy (non-hydrogen) atoms. The fourth-order valence-corrected chi connectivity index (χ4v) is 2.00. The van der Waals surface area contributed by atoms with Crippen LogP contribution in [-0.4, -0.2) is 5.78 Å². The van der Waals surface area contributed by atoms with Crippen LogP contribution < -0.4 is 0 Å². The van der Waals surface area contributed by atoms with Crippen molar-refractivity contribution in [2.75, 3.05) is 0 Å². The lowest BCUT2D eigenvalue weighted by atomic mass is 9.99.